The number of nitrogens with one attached hydrogen (secondary N) is 1. The van der Waals surface area contributed by atoms with Crippen molar-refractivity contribution in [2.24, 2.45) is 0 Å². The van der Waals surface area contributed by atoms with E-state index in [0.29, 0.717) is 6.04 Å². The lowest BCUT2D eigenvalue weighted by Gasteiger charge is -2.20. The Morgan fingerprint density at radius 2 is 1.74 bits per heavy atom. The minimum absolute atomic E-state index is 0.550. The van der Waals surface area contributed by atoms with Crippen molar-refractivity contribution in [2.75, 3.05) is 13.1 Å². The molecule has 0 radical (unpaired) electrons. The molecule has 0 unspecified atom stereocenters. The summed E-state index contributed by atoms with van der Waals surface area (Å²) in [4.78, 5) is 2.61. The van der Waals surface area contributed by atoms with Gasteiger partial charge in [0, 0.05) is 19.1 Å². The van der Waals surface area contributed by atoms with Gasteiger partial charge in [0.15, 0.2) is 0 Å². The van der Waals surface area contributed by atoms with Gasteiger partial charge in [-0.05, 0) is 37.1 Å². The smallest absolute Gasteiger partial charge is 0.0233 e. The van der Waals surface area contributed by atoms with Crippen LogP contribution >= 0.6 is 0 Å². The molecule has 19 heavy (non-hydrogen) atoms. The van der Waals surface area contributed by atoms with Crippen LogP contribution in [0.25, 0.3) is 0 Å². The topological polar surface area (TPSA) is 15.3 Å². The van der Waals surface area contributed by atoms with Gasteiger partial charge < -0.3 is 5.32 Å². The van der Waals surface area contributed by atoms with Crippen molar-refractivity contribution in [1.29, 1.82) is 0 Å². The van der Waals surface area contributed by atoms with Gasteiger partial charge in [0.05, 0.1) is 0 Å². The summed E-state index contributed by atoms with van der Waals surface area (Å²) < 4.78 is 0. The third-order valence-electron chi connectivity index (χ3n) is 3.81. The van der Waals surface area contributed by atoms with Crippen molar-refractivity contribution >= 4 is 0 Å². The van der Waals surface area contributed by atoms with E-state index in [4.69, 9.17) is 0 Å². The van der Waals surface area contributed by atoms with Gasteiger partial charge in [-0.2, -0.15) is 0 Å². The van der Waals surface area contributed by atoms with Crippen LogP contribution in [0.2, 0.25) is 0 Å². The quantitative estimate of drug-likeness (QED) is 0.871. The van der Waals surface area contributed by atoms with E-state index in [0.717, 1.165) is 13.1 Å². The van der Waals surface area contributed by atoms with Gasteiger partial charge in [-0.25, -0.2) is 0 Å². The Balaban J connectivity index is 1.90. The second kappa shape index (κ2) is 7.66. The van der Waals surface area contributed by atoms with E-state index in [1.807, 2.05) is 0 Å². The first-order chi connectivity index (χ1) is 9.24. The normalized spacial score (nSPS) is 17.6. The molecule has 2 heteroatoms. The first-order valence-corrected chi connectivity index (χ1v) is 7.77. The average Bonchev–Trinajstić information content (AvgIpc) is 2.65. The second-order valence-corrected chi connectivity index (χ2v) is 6.05. The molecule has 1 aromatic carbocycles. The monoisotopic (exact) mass is 260 g/mol. The fraction of sp³-hybridized carbons (Fsp3) is 0.647. The highest BCUT2D eigenvalue weighted by atomic mass is 15.1. The van der Waals surface area contributed by atoms with Crippen molar-refractivity contribution in [1.82, 2.24) is 10.2 Å². The molecule has 1 saturated heterocycles. The molecule has 0 bridgehead atoms. The van der Waals surface area contributed by atoms with Crippen molar-refractivity contribution in [2.45, 2.75) is 58.7 Å². The lowest BCUT2D eigenvalue weighted by molar-refractivity contribution is 0.277. The zero-order valence-corrected chi connectivity index (χ0v) is 12.5. The van der Waals surface area contributed by atoms with Gasteiger partial charge in [0.25, 0.3) is 0 Å². The fourth-order valence-electron chi connectivity index (χ4n) is 2.71. The first kappa shape index (κ1) is 14.5. The molecule has 0 aliphatic carbocycles. The number of benzene rings is 1. The number of hydrogen-bond acceptors (Lipinski definition) is 2. The maximum absolute atomic E-state index is 3.49. The van der Waals surface area contributed by atoms with Gasteiger partial charge in [-0.15, -0.1) is 0 Å². The predicted molar refractivity (Wildman–Crippen MR) is 82.2 cm³/mol. The second-order valence-electron chi connectivity index (χ2n) is 6.05. The highest BCUT2D eigenvalue weighted by molar-refractivity contribution is 5.23. The molecule has 2 nitrogen and oxygen atoms in total. The van der Waals surface area contributed by atoms with Crippen molar-refractivity contribution in [3.8, 4) is 0 Å². The molecule has 1 aliphatic heterocycles. The summed E-state index contributed by atoms with van der Waals surface area (Å²) in [5.74, 6) is 0. The molecule has 106 valence electrons. The predicted octanol–water partition coefficient (Wildman–Crippen LogP) is 3.56. The van der Waals surface area contributed by atoms with E-state index in [9.17, 15) is 0 Å². The van der Waals surface area contributed by atoms with Crippen LogP contribution in [0.5, 0.6) is 0 Å². The molecule has 0 saturated carbocycles. The molecular weight excluding hydrogens is 232 g/mol. The summed E-state index contributed by atoms with van der Waals surface area (Å²) in [6, 6.07) is 9.60. The van der Waals surface area contributed by atoms with Crippen LogP contribution in [-0.4, -0.2) is 24.0 Å². The highest BCUT2D eigenvalue weighted by Crippen LogP contribution is 2.14. The van der Waals surface area contributed by atoms with Crippen molar-refractivity contribution in [3.05, 3.63) is 35.4 Å². The van der Waals surface area contributed by atoms with Gasteiger partial charge in [-0.1, -0.05) is 51.0 Å². The van der Waals surface area contributed by atoms with E-state index in [1.165, 1.54) is 49.9 Å². The van der Waals surface area contributed by atoms with Crippen LogP contribution in [0, 0.1) is 0 Å². The lowest BCUT2D eigenvalue weighted by atomic mass is 10.1. The summed E-state index contributed by atoms with van der Waals surface area (Å²) in [6.07, 6.45) is 5.56. The maximum Gasteiger partial charge on any atom is 0.0233 e. The molecule has 0 amide bonds. The Bertz CT molecular complexity index is 365. The van der Waals surface area contributed by atoms with Gasteiger partial charge in [-0.3, -0.25) is 4.90 Å². The number of hydrogen-bond donors (Lipinski definition) is 1. The zero-order chi connectivity index (χ0) is 13.5. The molecule has 1 fully saturated rings. The Hall–Kier alpha value is -0.860. The van der Waals surface area contributed by atoms with E-state index in [-0.39, 0.29) is 0 Å². The lowest BCUT2D eigenvalue weighted by Crippen LogP contribution is -2.24. The summed E-state index contributed by atoms with van der Waals surface area (Å²) in [7, 11) is 0. The van der Waals surface area contributed by atoms with Crippen molar-refractivity contribution in [3.63, 3.8) is 0 Å². The highest BCUT2D eigenvalue weighted by Gasteiger charge is 2.09. The number of rotatable bonds is 5. The fourth-order valence-corrected chi connectivity index (χ4v) is 2.71. The molecule has 0 atom stereocenters. The molecule has 0 aromatic heterocycles. The largest absolute Gasteiger partial charge is 0.310 e. The Morgan fingerprint density at radius 1 is 1.05 bits per heavy atom. The van der Waals surface area contributed by atoms with Crippen LogP contribution < -0.4 is 5.32 Å². The third-order valence-corrected chi connectivity index (χ3v) is 3.81. The van der Waals surface area contributed by atoms with Crippen LogP contribution in [-0.2, 0) is 13.1 Å². The molecule has 1 aliphatic rings. The van der Waals surface area contributed by atoms with E-state index in [2.05, 4.69) is 48.3 Å². The standard InChI is InChI=1S/C17H28N2/c1-15(2)18-13-16-8-7-9-17(12-16)14-19-10-5-3-4-6-11-19/h7-9,12,15,18H,3-6,10-11,13-14H2,1-2H3. The molecule has 1 aromatic rings. The summed E-state index contributed by atoms with van der Waals surface area (Å²) in [5.41, 5.74) is 2.87. The molecule has 1 N–H and O–H groups in total. The van der Waals surface area contributed by atoms with Gasteiger partial charge in [0.1, 0.15) is 0 Å². The molecule has 1 heterocycles. The maximum atomic E-state index is 3.49. The molecular formula is C17H28N2. The average molecular weight is 260 g/mol. The minimum Gasteiger partial charge on any atom is -0.310 e. The first-order valence-electron chi connectivity index (χ1n) is 7.77. The third kappa shape index (κ3) is 5.33. The zero-order valence-electron chi connectivity index (χ0n) is 12.5. The van der Waals surface area contributed by atoms with Crippen LogP contribution in [0.1, 0.15) is 50.7 Å². The molecule has 0 spiro atoms. The van der Waals surface area contributed by atoms with Crippen molar-refractivity contribution < 1.29 is 0 Å². The molecule has 2 rings (SSSR count). The van der Waals surface area contributed by atoms with Crippen LogP contribution in [0.4, 0.5) is 0 Å². The Morgan fingerprint density at radius 3 is 2.42 bits per heavy atom. The van der Waals surface area contributed by atoms with Crippen LogP contribution in [0.3, 0.4) is 0 Å². The van der Waals surface area contributed by atoms with E-state index < -0.39 is 0 Å². The number of likely N-dealkylation sites (tertiary alicyclic amines) is 1. The summed E-state index contributed by atoms with van der Waals surface area (Å²) in [6.45, 7) is 9.03. The Labute approximate surface area is 118 Å². The van der Waals surface area contributed by atoms with E-state index >= 15 is 0 Å². The van der Waals surface area contributed by atoms with Gasteiger partial charge in [0.2, 0.25) is 0 Å². The summed E-state index contributed by atoms with van der Waals surface area (Å²) >= 11 is 0. The Kier molecular flexibility index (Phi) is 5.87. The van der Waals surface area contributed by atoms with E-state index in [1.54, 1.807) is 0 Å². The van der Waals surface area contributed by atoms with Crippen LogP contribution in [0.15, 0.2) is 24.3 Å². The summed E-state index contributed by atoms with van der Waals surface area (Å²) in [5, 5.41) is 3.49. The minimum atomic E-state index is 0.550. The number of nitrogens with zero attached hydrogens (tertiary/aromatic N) is 1. The van der Waals surface area contributed by atoms with Gasteiger partial charge >= 0.3 is 0 Å². The SMILES string of the molecule is CC(C)NCc1cccc(CN2CCCCCC2)c1.